The van der Waals surface area contributed by atoms with Gasteiger partial charge in [-0.15, -0.1) is 0 Å². The Morgan fingerprint density at radius 3 is 2.46 bits per heavy atom. The van der Waals surface area contributed by atoms with Gasteiger partial charge in [0.1, 0.15) is 11.7 Å². The number of carboxylic acids is 1. The fraction of sp³-hybridized carbons (Fsp3) is 0.545. The van der Waals surface area contributed by atoms with Crippen molar-refractivity contribution in [3.8, 4) is 0 Å². The van der Waals surface area contributed by atoms with E-state index in [1.807, 2.05) is 30.3 Å². The van der Waals surface area contributed by atoms with Crippen LogP contribution in [0, 0.1) is 23.2 Å². The van der Waals surface area contributed by atoms with Gasteiger partial charge in [0.15, 0.2) is 0 Å². The molecule has 1 fully saturated rings. The van der Waals surface area contributed by atoms with E-state index in [1.54, 1.807) is 0 Å². The first-order chi connectivity index (χ1) is 13.2. The lowest BCUT2D eigenvalue weighted by molar-refractivity contribution is -0.257. The zero-order valence-corrected chi connectivity index (χ0v) is 16.7. The maximum Gasteiger partial charge on any atom is 0.374 e. The lowest BCUT2D eigenvalue weighted by Gasteiger charge is -2.53. The van der Waals surface area contributed by atoms with E-state index < -0.39 is 23.1 Å². The van der Waals surface area contributed by atoms with E-state index >= 15 is 0 Å². The summed E-state index contributed by atoms with van der Waals surface area (Å²) in [6.07, 6.45) is 3.65. The van der Waals surface area contributed by atoms with Crippen LogP contribution in [0.25, 0.3) is 0 Å². The molecule has 6 heteroatoms. The van der Waals surface area contributed by atoms with Gasteiger partial charge in [-0.2, -0.15) is 0 Å². The number of amides is 1. The third kappa shape index (κ3) is 3.25. The highest BCUT2D eigenvalue weighted by molar-refractivity contribution is 5.86. The average molecular weight is 387 g/mol. The quantitative estimate of drug-likeness (QED) is 0.779. The van der Waals surface area contributed by atoms with Crippen LogP contribution in [-0.4, -0.2) is 22.8 Å². The fourth-order valence-corrected chi connectivity index (χ4v) is 5.09. The van der Waals surface area contributed by atoms with Crippen LogP contribution < -0.4 is 5.73 Å². The number of nitrogens with two attached hydrogens (primary N) is 1. The highest BCUT2D eigenvalue weighted by atomic mass is 16.7. The summed E-state index contributed by atoms with van der Waals surface area (Å²) in [5.41, 5.74) is 5.82. The molecule has 0 bridgehead atoms. The van der Waals surface area contributed by atoms with Gasteiger partial charge in [0.05, 0.1) is 6.42 Å². The lowest BCUT2D eigenvalue weighted by Crippen LogP contribution is -2.64. The molecule has 1 aliphatic heterocycles. The molecule has 1 unspecified atom stereocenters. The Morgan fingerprint density at radius 1 is 1.25 bits per heavy atom. The number of primary amides is 1. The van der Waals surface area contributed by atoms with Crippen molar-refractivity contribution in [2.45, 2.75) is 52.2 Å². The monoisotopic (exact) mass is 387 g/mol. The number of benzene rings is 1. The van der Waals surface area contributed by atoms with Gasteiger partial charge in [0.2, 0.25) is 11.7 Å². The molecular formula is C22H29NO5. The fourth-order valence-electron chi connectivity index (χ4n) is 5.09. The summed E-state index contributed by atoms with van der Waals surface area (Å²) >= 11 is 0. The number of carboxylic acid groups (broad SMARTS) is 1. The minimum Gasteiger partial charge on any atom is -0.475 e. The Hall–Kier alpha value is -2.50. The third-order valence-corrected chi connectivity index (χ3v) is 6.32. The first-order valence-electron chi connectivity index (χ1n) is 9.86. The minimum atomic E-state index is -1.47. The van der Waals surface area contributed by atoms with Gasteiger partial charge in [-0.05, 0) is 36.2 Å². The van der Waals surface area contributed by atoms with Crippen molar-refractivity contribution in [2.75, 3.05) is 0 Å². The minimum absolute atomic E-state index is 0.0774. The first kappa shape index (κ1) is 20.2. The molecule has 1 aromatic carbocycles. The Bertz CT molecular complexity index is 774. The second-order valence-electron chi connectivity index (χ2n) is 8.50. The van der Waals surface area contributed by atoms with Crippen LogP contribution >= 0.6 is 0 Å². The zero-order chi connectivity index (χ0) is 20.5. The van der Waals surface area contributed by atoms with Gasteiger partial charge < -0.3 is 20.3 Å². The molecule has 0 spiro atoms. The van der Waals surface area contributed by atoms with Crippen molar-refractivity contribution in [1.29, 1.82) is 0 Å². The molecule has 1 aliphatic carbocycles. The SMILES string of the molecule is CC(C)[C@@H]1CC[C@@H](C)C[C@@]1(C(N)=O)C1(Cc2ccccc2)OC=C(C(=O)O)O1. The second-order valence-corrected chi connectivity index (χ2v) is 8.50. The molecule has 1 saturated carbocycles. The Kier molecular flexibility index (Phi) is 5.41. The molecule has 0 radical (unpaired) electrons. The second kappa shape index (κ2) is 7.49. The summed E-state index contributed by atoms with van der Waals surface area (Å²) in [7, 11) is 0. The van der Waals surface area contributed by atoms with Crippen LogP contribution in [0.15, 0.2) is 42.4 Å². The van der Waals surface area contributed by atoms with Gasteiger partial charge in [-0.25, -0.2) is 4.79 Å². The van der Waals surface area contributed by atoms with Crippen LogP contribution in [0.4, 0.5) is 0 Å². The maximum absolute atomic E-state index is 13.1. The van der Waals surface area contributed by atoms with Crippen LogP contribution in [-0.2, 0) is 25.5 Å². The van der Waals surface area contributed by atoms with Crippen molar-refractivity contribution < 1.29 is 24.2 Å². The maximum atomic E-state index is 13.1. The molecular weight excluding hydrogens is 358 g/mol. The smallest absolute Gasteiger partial charge is 0.374 e. The molecule has 3 rings (SSSR count). The van der Waals surface area contributed by atoms with E-state index in [2.05, 4.69) is 20.8 Å². The molecule has 1 aromatic rings. The molecule has 0 saturated heterocycles. The molecule has 28 heavy (non-hydrogen) atoms. The Balaban J connectivity index is 2.15. The van der Waals surface area contributed by atoms with Crippen LogP contribution in [0.5, 0.6) is 0 Å². The van der Waals surface area contributed by atoms with Crippen molar-refractivity contribution in [3.05, 3.63) is 47.9 Å². The van der Waals surface area contributed by atoms with Gasteiger partial charge in [0.25, 0.3) is 5.79 Å². The predicted octanol–water partition coefficient (Wildman–Crippen LogP) is 3.46. The molecule has 0 aromatic heterocycles. The number of hydrogen-bond acceptors (Lipinski definition) is 4. The number of hydrogen-bond donors (Lipinski definition) is 2. The number of ether oxygens (including phenoxy) is 2. The summed E-state index contributed by atoms with van der Waals surface area (Å²) in [4.78, 5) is 24.7. The molecule has 1 heterocycles. The molecule has 6 nitrogen and oxygen atoms in total. The predicted molar refractivity (Wildman–Crippen MR) is 104 cm³/mol. The lowest BCUT2D eigenvalue weighted by atomic mass is 9.54. The summed E-state index contributed by atoms with van der Waals surface area (Å²) in [6, 6.07) is 9.52. The van der Waals surface area contributed by atoms with Crippen molar-refractivity contribution in [2.24, 2.45) is 28.9 Å². The molecule has 2 aliphatic rings. The van der Waals surface area contributed by atoms with Gasteiger partial charge in [-0.3, -0.25) is 4.79 Å². The number of aliphatic carboxylic acids is 1. The number of carbonyl (C=O) groups is 2. The summed E-state index contributed by atoms with van der Waals surface area (Å²) in [5, 5.41) is 9.47. The molecule has 4 atom stereocenters. The average Bonchev–Trinajstić information content (AvgIpc) is 3.07. The van der Waals surface area contributed by atoms with Crippen molar-refractivity contribution >= 4 is 11.9 Å². The van der Waals surface area contributed by atoms with Gasteiger partial charge in [-0.1, -0.05) is 57.5 Å². The summed E-state index contributed by atoms with van der Waals surface area (Å²) < 4.78 is 12.0. The zero-order valence-electron chi connectivity index (χ0n) is 16.7. The number of carbonyl (C=O) groups excluding carboxylic acids is 1. The number of rotatable bonds is 6. The molecule has 1 amide bonds. The Labute approximate surface area is 165 Å². The molecule has 152 valence electrons. The standard InChI is InChI=1S/C22H29NO5/c1-14(2)17-10-9-15(3)11-21(17,20(23)26)22(12-16-7-5-4-6-8-16)27-13-18(28-22)19(24)25/h4-8,13-15,17H,9-12H2,1-3H3,(H2,23,26)(H,24,25)/t15-,17+,21-,22?/m1/s1. The van der Waals surface area contributed by atoms with E-state index in [0.717, 1.165) is 24.7 Å². The van der Waals surface area contributed by atoms with E-state index in [-0.39, 0.29) is 29.9 Å². The highest BCUT2D eigenvalue weighted by Crippen LogP contribution is 2.57. The first-order valence-corrected chi connectivity index (χ1v) is 9.86. The van der Waals surface area contributed by atoms with Crippen LogP contribution in [0.3, 0.4) is 0 Å². The van der Waals surface area contributed by atoms with Crippen LogP contribution in [0.1, 0.15) is 45.6 Å². The third-order valence-electron chi connectivity index (χ3n) is 6.32. The molecule has 3 N–H and O–H groups in total. The topological polar surface area (TPSA) is 98.9 Å². The van der Waals surface area contributed by atoms with Crippen molar-refractivity contribution in [3.63, 3.8) is 0 Å². The van der Waals surface area contributed by atoms with Gasteiger partial charge in [0, 0.05) is 0 Å². The van der Waals surface area contributed by atoms with Crippen molar-refractivity contribution in [1.82, 2.24) is 0 Å². The van der Waals surface area contributed by atoms with E-state index in [1.165, 1.54) is 0 Å². The summed E-state index contributed by atoms with van der Waals surface area (Å²) in [5.74, 6) is -3.15. The van der Waals surface area contributed by atoms with Crippen LogP contribution in [0.2, 0.25) is 0 Å². The Morgan fingerprint density at radius 2 is 1.93 bits per heavy atom. The van der Waals surface area contributed by atoms with E-state index in [9.17, 15) is 14.7 Å². The normalized spacial score (nSPS) is 32.4. The van der Waals surface area contributed by atoms with E-state index in [0.29, 0.717) is 6.42 Å². The summed E-state index contributed by atoms with van der Waals surface area (Å²) in [6.45, 7) is 6.22. The van der Waals surface area contributed by atoms with Gasteiger partial charge >= 0.3 is 5.97 Å². The largest absolute Gasteiger partial charge is 0.475 e. The highest BCUT2D eigenvalue weighted by Gasteiger charge is 2.67. The van der Waals surface area contributed by atoms with E-state index in [4.69, 9.17) is 15.2 Å².